The maximum atomic E-state index is 13.0. The number of hydrogen-bond acceptors (Lipinski definition) is 3. The summed E-state index contributed by atoms with van der Waals surface area (Å²) in [5.74, 6) is 0.633. The number of ether oxygens (including phenoxy) is 1. The lowest BCUT2D eigenvalue weighted by atomic mass is 9.96. The average Bonchev–Trinajstić information content (AvgIpc) is 3.41. The fraction of sp³-hybridized carbons (Fsp3) is 0.273. The van der Waals surface area contributed by atoms with E-state index in [1.807, 2.05) is 31.3 Å². The van der Waals surface area contributed by atoms with Crippen LogP contribution in [0.1, 0.15) is 39.9 Å². The van der Waals surface area contributed by atoms with Crippen molar-refractivity contribution in [2.24, 2.45) is 0 Å². The highest BCUT2D eigenvalue weighted by Gasteiger charge is 2.47. The summed E-state index contributed by atoms with van der Waals surface area (Å²) in [4.78, 5) is 17.5. The van der Waals surface area contributed by atoms with Crippen LogP contribution in [0.3, 0.4) is 0 Å². The van der Waals surface area contributed by atoms with E-state index in [1.54, 1.807) is 13.2 Å². The zero-order valence-corrected chi connectivity index (χ0v) is 15.3. The fourth-order valence-corrected chi connectivity index (χ4v) is 3.56. The van der Waals surface area contributed by atoms with Crippen molar-refractivity contribution in [3.05, 3.63) is 70.9 Å². The van der Waals surface area contributed by atoms with Crippen molar-refractivity contribution in [2.75, 3.05) is 7.11 Å². The molecule has 0 bridgehead atoms. The van der Waals surface area contributed by atoms with Crippen molar-refractivity contribution in [1.82, 2.24) is 10.3 Å². The summed E-state index contributed by atoms with van der Waals surface area (Å²) in [6, 6.07) is 13.9. The fourth-order valence-electron chi connectivity index (χ4n) is 3.56. The molecule has 4 rings (SSSR count). The van der Waals surface area contributed by atoms with Crippen LogP contribution in [0.5, 0.6) is 5.75 Å². The number of amides is 1. The highest BCUT2D eigenvalue weighted by molar-refractivity contribution is 5.97. The number of nitrogens with one attached hydrogen (secondary N) is 1. The van der Waals surface area contributed by atoms with Gasteiger partial charge in [-0.05, 0) is 67.6 Å². The minimum absolute atomic E-state index is 0.0579. The number of methoxy groups -OCH3 is 1. The van der Waals surface area contributed by atoms with Gasteiger partial charge in [-0.1, -0.05) is 18.2 Å². The smallest absolute Gasteiger partial charge is 0.252 e. The monoisotopic (exact) mass is 346 g/mol. The van der Waals surface area contributed by atoms with Crippen LogP contribution >= 0.6 is 0 Å². The predicted molar refractivity (Wildman–Crippen MR) is 103 cm³/mol. The highest BCUT2D eigenvalue weighted by Crippen LogP contribution is 2.48. The molecule has 4 nitrogen and oxygen atoms in total. The third kappa shape index (κ3) is 2.81. The van der Waals surface area contributed by atoms with Gasteiger partial charge in [-0.3, -0.25) is 9.78 Å². The molecule has 26 heavy (non-hydrogen) atoms. The molecular weight excluding hydrogens is 324 g/mol. The third-order valence-corrected chi connectivity index (χ3v) is 5.17. The van der Waals surface area contributed by atoms with E-state index in [2.05, 4.69) is 35.4 Å². The van der Waals surface area contributed by atoms with Gasteiger partial charge in [0, 0.05) is 17.1 Å². The molecule has 0 unspecified atom stereocenters. The lowest BCUT2D eigenvalue weighted by molar-refractivity contribution is 0.0930. The van der Waals surface area contributed by atoms with Crippen LogP contribution in [-0.4, -0.2) is 18.0 Å². The van der Waals surface area contributed by atoms with Crippen molar-refractivity contribution in [1.29, 1.82) is 0 Å². The van der Waals surface area contributed by atoms with Crippen molar-refractivity contribution in [3.8, 4) is 5.75 Å². The van der Waals surface area contributed by atoms with Gasteiger partial charge in [-0.2, -0.15) is 0 Å². The number of carbonyl (C=O) groups excluding carboxylic acids is 1. The Morgan fingerprint density at radius 1 is 1.15 bits per heavy atom. The van der Waals surface area contributed by atoms with Crippen molar-refractivity contribution in [2.45, 2.75) is 32.2 Å². The summed E-state index contributed by atoms with van der Waals surface area (Å²) in [6.07, 6.45) is 3.69. The van der Waals surface area contributed by atoms with Crippen molar-refractivity contribution >= 4 is 16.8 Å². The first-order valence-corrected chi connectivity index (χ1v) is 8.85. The van der Waals surface area contributed by atoms with Crippen LogP contribution < -0.4 is 10.1 Å². The minimum atomic E-state index is -0.306. The van der Waals surface area contributed by atoms with E-state index in [1.165, 1.54) is 0 Å². The molecule has 3 aromatic rings. The van der Waals surface area contributed by atoms with Gasteiger partial charge in [-0.15, -0.1) is 0 Å². The van der Waals surface area contributed by atoms with E-state index in [0.29, 0.717) is 11.3 Å². The highest BCUT2D eigenvalue weighted by atomic mass is 16.5. The summed E-state index contributed by atoms with van der Waals surface area (Å²) < 4.78 is 5.28. The first-order valence-electron chi connectivity index (χ1n) is 8.85. The molecule has 0 radical (unpaired) electrons. The second-order valence-corrected chi connectivity index (χ2v) is 7.10. The second kappa shape index (κ2) is 6.13. The zero-order chi connectivity index (χ0) is 18.3. The van der Waals surface area contributed by atoms with Crippen molar-refractivity contribution in [3.63, 3.8) is 0 Å². The van der Waals surface area contributed by atoms with Crippen LogP contribution in [0.25, 0.3) is 10.9 Å². The number of aromatic nitrogens is 1. The Hall–Kier alpha value is -2.88. The van der Waals surface area contributed by atoms with Crippen LogP contribution in [0.4, 0.5) is 0 Å². The molecule has 1 fully saturated rings. The summed E-state index contributed by atoms with van der Waals surface area (Å²) in [5.41, 5.74) is 4.58. The Morgan fingerprint density at radius 3 is 2.69 bits per heavy atom. The van der Waals surface area contributed by atoms with Gasteiger partial charge in [0.1, 0.15) is 5.75 Å². The third-order valence-electron chi connectivity index (χ3n) is 5.17. The lowest BCUT2D eigenvalue weighted by Gasteiger charge is -2.21. The van der Waals surface area contributed by atoms with Gasteiger partial charge in [0.2, 0.25) is 0 Å². The standard InChI is InChI=1S/C22H22N2O2/c1-14-11-19(17-5-4-10-23-20(17)12-14)22(8-9-22)24-21(25)18-13-16(26-3)7-6-15(18)2/h4-7,10-13H,8-9H2,1-3H3,(H,24,25). The average molecular weight is 346 g/mol. The Bertz CT molecular complexity index is 1010. The van der Waals surface area contributed by atoms with E-state index < -0.39 is 0 Å². The van der Waals surface area contributed by atoms with E-state index >= 15 is 0 Å². The number of fused-ring (bicyclic) bond motifs is 1. The van der Waals surface area contributed by atoms with Gasteiger partial charge in [0.15, 0.2) is 0 Å². The minimum Gasteiger partial charge on any atom is -0.497 e. The van der Waals surface area contributed by atoms with Crippen LogP contribution in [-0.2, 0) is 5.54 Å². The molecule has 1 aliphatic rings. The Kier molecular flexibility index (Phi) is 3.91. The zero-order valence-electron chi connectivity index (χ0n) is 15.3. The Balaban J connectivity index is 1.72. The molecule has 0 atom stereocenters. The number of nitrogens with zero attached hydrogens (tertiary/aromatic N) is 1. The molecule has 0 saturated heterocycles. The van der Waals surface area contributed by atoms with E-state index in [-0.39, 0.29) is 11.4 Å². The molecule has 1 aliphatic carbocycles. The molecule has 132 valence electrons. The van der Waals surface area contributed by atoms with Crippen molar-refractivity contribution < 1.29 is 9.53 Å². The maximum Gasteiger partial charge on any atom is 0.252 e. The lowest BCUT2D eigenvalue weighted by Crippen LogP contribution is -2.35. The molecular formula is C22H22N2O2. The number of aryl methyl sites for hydroxylation is 2. The first kappa shape index (κ1) is 16.6. The van der Waals surface area contributed by atoms with Crippen LogP contribution in [0.2, 0.25) is 0 Å². The van der Waals surface area contributed by atoms with E-state index in [4.69, 9.17) is 4.74 Å². The second-order valence-electron chi connectivity index (χ2n) is 7.10. The van der Waals surface area contributed by atoms with Gasteiger partial charge in [0.25, 0.3) is 5.91 Å². The van der Waals surface area contributed by atoms with Crippen LogP contribution in [0, 0.1) is 13.8 Å². The summed E-state index contributed by atoms with van der Waals surface area (Å²) >= 11 is 0. The molecule has 1 heterocycles. The van der Waals surface area contributed by atoms with Crippen LogP contribution in [0.15, 0.2) is 48.7 Å². The molecule has 1 saturated carbocycles. The number of benzene rings is 2. The number of hydrogen-bond donors (Lipinski definition) is 1. The van der Waals surface area contributed by atoms with Gasteiger partial charge >= 0.3 is 0 Å². The van der Waals surface area contributed by atoms with Gasteiger partial charge < -0.3 is 10.1 Å². The first-order chi connectivity index (χ1) is 12.5. The molecule has 1 N–H and O–H groups in total. The molecule has 4 heteroatoms. The molecule has 0 aliphatic heterocycles. The Labute approximate surface area is 153 Å². The summed E-state index contributed by atoms with van der Waals surface area (Å²) in [6.45, 7) is 4.02. The quantitative estimate of drug-likeness (QED) is 0.767. The summed E-state index contributed by atoms with van der Waals surface area (Å²) in [5, 5.41) is 4.40. The number of carbonyl (C=O) groups is 1. The normalized spacial score (nSPS) is 14.9. The molecule has 2 aromatic carbocycles. The summed E-state index contributed by atoms with van der Waals surface area (Å²) in [7, 11) is 1.61. The van der Waals surface area contributed by atoms with E-state index in [0.717, 1.165) is 40.4 Å². The molecule has 1 amide bonds. The van der Waals surface area contributed by atoms with Gasteiger partial charge in [-0.25, -0.2) is 0 Å². The number of pyridine rings is 1. The van der Waals surface area contributed by atoms with Gasteiger partial charge in [0.05, 0.1) is 18.2 Å². The molecule has 1 aromatic heterocycles. The van der Waals surface area contributed by atoms with E-state index in [9.17, 15) is 4.79 Å². The largest absolute Gasteiger partial charge is 0.497 e. The Morgan fingerprint density at radius 2 is 1.96 bits per heavy atom. The SMILES string of the molecule is COc1ccc(C)c(C(=O)NC2(c3cc(C)cc4ncccc34)CC2)c1. The molecule has 0 spiro atoms. The predicted octanol–water partition coefficient (Wildman–Crippen LogP) is 4.28. The maximum absolute atomic E-state index is 13.0. The number of rotatable bonds is 4. The topological polar surface area (TPSA) is 51.2 Å².